The summed E-state index contributed by atoms with van der Waals surface area (Å²) in [5, 5.41) is 10.3. The number of nitrogens with zero attached hydrogens (tertiary/aromatic N) is 6. The van der Waals surface area contributed by atoms with E-state index >= 15 is 0 Å². The lowest BCUT2D eigenvalue weighted by Crippen LogP contribution is -2.40. The molecule has 0 aliphatic carbocycles. The molecule has 3 amide bonds. The number of anilines is 5. The molecule has 4 aromatic rings. The molecule has 0 fully saturated rings. The molecule has 5 rings (SSSR count). The molecular weight excluding hydrogens is 544 g/mol. The van der Waals surface area contributed by atoms with Crippen molar-refractivity contribution in [2.24, 2.45) is 7.05 Å². The van der Waals surface area contributed by atoms with Gasteiger partial charge < -0.3 is 15.0 Å². The molecule has 0 spiro atoms. The molecule has 0 saturated carbocycles. The van der Waals surface area contributed by atoms with Crippen LogP contribution in [0.25, 0.3) is 0 Å². The van der Waals surface area contributed by atoms with Crippen molar-refractivity contribution in [1.82, 2.24) is 24.6 Å². The number of carbonyl (C=O) groups is 2. The summed E-state index contributed by atoms with van der Waals surface area (Å²) in [6.45, 7) is 6.27. The third-order valence-electron chi connectivity index (χ3n) is 6.16. The molecule has 2 aromatic heterocycles. The van der Waals surface area contributed by atoms with Gasteiger partial charge >= 0.3 is 12.1 Å². The van der Waals surface area contributed by atoms with Crippen LogP contribution in [-0.2, 0) is 24.8 Å². The Bertz CT molecular complexity index is 1570. The quantitative estimate of drug-likeness (QED) is 0.278. The van der Waals surface area contributed by atoms with Gasteiger partial charge in [0, 0.05) is 43.8 Å². The first-order valence-electron chi connectivity index (χ1n) is 13.1. The number of hydrogen-bond acceptors (Lipinski definition) is 7. The van der Waals surface area contributed by atoms with Crippen molar-refractivity contribution in [3.63, 3.8) is 0 Å². The van der Waals surface area contributed by atoms with E-state index in [2.05, 4.69) is 20.7 Å². The van der Waals surface area contributed by atoms with E-state index in [4.69, 9.17) is 21.3 Å². The van der Waals surface area contributed by atoms with E-state index in [9.17, 15) is 9.59 Å². The van der Waals surface area contributed by atoms with Gasteiger partial charge in [-0.3, -0.25) is 10.00 Å². The number of ether oxygens (including phenoxy) is 1. The summed E-state index contributed by atoms with van der Waals surface area (Å²) in [4.78, 5) is 39.2. The summed E-state index contributed by atoms with van der Waals surface area (Å²) in [6, 6.07) is 16.6. The standard InChI is InChI=1S/C29H31ClN8O3/c1-29(2,3)41-27(39)32-21-11-8-12-22(15-21)38-25-20(13-14-37(28(38)40)17-19-9-6-5-7-10-19)16-31-26(34-25)33-23-18-36(4)35-24(23)30/h5-12,15-16,18H,13-14,17H2,1-4H3,(H,32,39)(H,31,33,34). The van der Waals surface area contributed by atoms with Gasteiger partial charge in [0.2, 0.25) is 5.95 Å². The molecule has 2 N–H and O–H groups in total. The Morgan fingerprint density at radius 3 is 2.61 bits per heavy atom. The topological polar surface area (TPSA) is 118 Å². The van der Waals surface area contributed by atoms with Gasteiger partial charge in [-0.1, -0.05) is 48.0 Å². The predicted molar refractivity (Wildman–Crippen MR) is 158 cm³/mol. The SMILES string of the molecule is Cn1cc(Nc2ncc3c(n2)N(c2cccc(NC(=O)OC(C)(C)C)c2)C(=O)N(Cc2ccccc2)CC3)c(Cl)n1. The summed E-state index contributed by atoms with van der Waals surface area (Å²) >= 11 is 6.24. The second-order valence-electron chi connectivity index (χ2n) is 10.6. The van der Waals surface area contributed by atoms with E-state index in [0.29, 0.717) is 42.4 Å². The van der Waals surface area contributed by atoms with Crippen molar-refractivity contribution in [2.45, 2.75) is 39.3 Å². The van der Waals surface area contributed by atoms with Crippen molar-refractivity contribution in [3.8, 4) is 0 Å². The molecular formula is C29H31ClN8O3. The zero-order valence-electron chi connectivity index (χ0n) is 23.3. The zero-order chi connectivity index (χ0) is 29.1. The van der Waals surface area contributed by atoms with E-state index in [1.54, 1.807) is 79.0 Å². The van der Waals surface area contributed by atoms with E-state index in [-0.39, 0.29) is 17.1 Å². The Labute approximate surface area is 243 Å². The number of urea groups is 1. The number of carbonyl (C=O) groups excluding carboxylic acids is 2. The van der Waals surface area contributed by atoms with E-state index in [1.165, 1.54) is 0 Å². The number of fused-ring (bicyclic) bond motifs is 1. The lowest BCUT2D eigenvalue weighted by Gasteiger charge is -2.28. The summed E-state index contributed by atoms with van der Waals surface area (Å²) < 4.78 is 6.98. The minimum Gasteiger partial charge on any atom is -0.444 e. The Balaban J connectivity index is 1.53. The van der Waals surface area contributed by atoms with E-state index < -0.39 is 11.7 Å². The highest BCUT2D eigenvalue weighted by Gasteiger charge is 2.31. The zero-order valence-corrected chi connectivity index (χ0v) is 24.0. The normalized spacial score (nSPS) is 13.4. The number of nitrogens with one attached hydrogen (secondary N) is 2. The largest absolute Gasteiger partial charge is 0.444 e. The Hall–Kier alpha value is -4.64. The smallest absolute Gasteiger partial charge is 0.412 e. The Morgan fingerprint density at radius 1 is 1.12 bits per heavy atom. The van der Waals surface area contributed by atoms with Crippen molar-refractivity contribution < 1.29 is 14.3 Å². The van der Waals surface area contributed by atoms with Crippen molar-refractivity contribution >= 4 is 52.6 Å². The highest BCUT2D eigenvalue weighted by Crippen LogP contribution is 2.34. The van der Waals surface area contributed by atoms with Crippen molar-refractivity contribution in [1.29, 1.82) is 0 Å². The number of aromatic nitrogens is 4. The molecule has 11 nitrogen and oxygen atoms in total. The molecule has 0 bridgehead atoms. The van der Waals surface area contributed by atoms with Crippen LogP contribution in [0.2, 0.25) is 5.15 Å². The third-order valence-corrected chi connectivity index (χ3v) is 6.44. The van der Waals surface area contributed by atoms with Gasteiger partial charge in [-0.15, -0.1) is 0 Å². The van der Waals surface area contributed by atoms with Gasteiger partial charge in [-0.25, -0.2) is 19.5 Å². The summed E-state index contributed by atoms with van der Waals surface area (Å²) in [6.07, 6.45) is 3.39. The molecule has 212 valence electrons. The van der Waals surface area contributed by atoms with Crippen LogP contribution >= 0.6 is 11.6 Å². The van der Waals surface area contributed by atoms with E-state index in [0.717, 1.165) is 11.1 Å². The summed E-state index contributed by atoms with van der Waals surface area (Å²) in [5.74, 6) is 0.688. The summed E-state index contributed by atoms with van der Waals surface area (Å²) in [5.41, 5.74) is 2.67. The number of aryl methyl sites for hydroxylation is 1. The minimum absolute atomic E-state index is 0.258. The van der Waals surface area contributed by atoms with Gasteiger partial charge in [0.1, 0.15) is 11.4 Å². The van der Waals surface area contributed by atoms with Gasteiger partial charge in [0.05, 0.1) is 11.4 Å². The molecule has 2 aromatic carbocycles. The fourth-order valence-corrected chi connectivity index (χ4v) is 4.62. The molecule has 0 atom stereocenters. The molecule has 12 heteroatoms. The van der Waals surface area contributed by atoms with Crippen LogP contribution < -0.4 is 15.5 Å². The molecule has 0 saturated heterocycles. The van der Waals surface area contributed by atoms with Crippen molar-refractivity contribution in [2.75, 3.05) is 22.1 Å². The first-order valence-corrected chi connectivity index (χ1v) is 13.5. The number of halogens is 1. The average molecular weight is 575 g/mol. The number of hydrogen-bond donors (Lipinski definition) is 2. The maximum absolute atomic E-state index is 14.2. The van der Waals surface area contributed by atoms with Crippen LogP contribution in [0.5, 0.6) is 0 Å². The molecule has 1 aliphatic heterocycles. The van der Waals surface area contributed by atoms with Gasteiger partial charge in [-0.05, 0) is 51.0 Å². The maximum atomic E-state index is 14.2. The lowest BCUT2D eigenvalue weighted by molar-refractivity contribution is 0.0636. The summed E-state index contributed by atoms with van der Waals surface area (Å²) in [7, 11) is 1.76. The first kappa shape index (κ1) is 27.9. The predicted octanol–water partition coefficient (Wildman–Crippen LogP) is 6.27. The van der Waals surface area contributed by atoms with Gasteiger partial charge in [0.25, 0.3) is 0 Å². The van der Waals surface area contributed by atoms with Crippen LogP contribution in [0.1, 0.15) is 31.9 Å². The molecule has 0 unspecified atom stereocenters. The van der Waals surface area contributed by atoms with Gasteiger partial charge in [0.15, 0.2) is 5.15 Å². The fraction of sp³-hybridized carbons (Fsp3) is 0.276. The molecule has 41 heavy (non-hydrogen) atoms. The minimum atomic E-state index is -0.656. The number of amides is 3. The highest BCUT2D eigenvalue weighted by atomic mass is 35.5. The second-order valence-corrected chi connectivity index (χ2v) is 11.0. The molecule has 1 aliphatic rings. The van der Waals surface area contributed by atoms with Crippen LogP contribution in [0, 0.1) is 0 Å². The van der Waals surface area contributed by atoms with Gasteiger partial charge in [-0.2, -0.15) is 10.1 Å². The average Bonchev–Trinajstić information content (AvgIpc) is 3.15. The number of rotatable bonds is 6. The maximum Gasteiger partial charge on any atom is 0.412 e. The Morgan fingerprint density at radius 2 is 1.90 bits per heavy atom. The van der Waals surface area contributed by atoms with E-state index in [1.807, 2.05) is 30.3 Å². The monoisotopic (exact) mass is 574 g/mol. The lowest BCUT2D eigenvalue weighted by atomic mass is 10.2. The van der Waals surface area contributed by atoms with Crippen molar-refractivity contribution in [3.05, 3.63) is 83.3 Å². The fourth-order valence-electron chi connectivity index (χ4n) is 4.40. The van der Waals surface area contributed by atoms with Crippen LogP contribution in [0.3, 0.4) is 0 Å². The van der Waals surface area contributed by atoms with Crippen LogP contribution in [0.15, 0.2) is 67.0 Å². The first-order chi connectivity index (χ1) is 19.6. The number of benzene rings is 2. The second kappa shape index (κ2) is 11.5. The Kier molecular flexibility index (Phi) is 7.80. The highest BCUT2D eigenvalue weighted by molar-refractivity contribution is 6.32. The van der Waals surface area contributed by atoms with Crippen LogP contribution in [0.4, 0.5) is 38.4 Å². The molecule has 0 radical (unpaired) electrons. The molecule has 3 heterocycles. The third kappa shape index (κ3) is 6.75. The van der Waals surface area contributed by atoms with Crippen LogP contribution in [-0.4, -0.2) is 48.9 Å².